The summed E-state index contributed by atoms with van der Waals surface area (Å²) in [6, 6.07) is 0. The van der Waals surface area contributed by atoms with E-state index in [-0.39, 0.29) is 0 Å². The first-order valence-electron chi connectivity index (χ1n) is 3.79. The monoisotopic (exact) mass is 238 g/mol. The van der Waals surface area contributed by atoms with Gasteiger partial charge in [-0.05, 0) is 6.42 Å². The molecule has 0 aliphatic carbocycles. The molecule has 2 nitrogen and oxygen atoms in total. The van der Waals surface area contributed by atoms with Crippen molar-refractivity contribution in [2.24, 2.45) is 5.92 Å². The number of carbonyl (C=O) groups excluding carboxylic acids is 1. The Labute approximate surface area is 81.2 Å². The molecule has 0 radical (unpaired) electrons. The second kappa shape index (κ2) is 4.71. The van der Waals surface area contributed by atoms with Crippen molar-refractivity contribution in [1.82, 2.24) is 0 Å². The molecule has 0 spiro atoms. The first-order chi connectivity index (χ1) is 6.59. The van der Waals surface area contributed by atoms with E-state index in [4.69, 9.17) is 0 Å². The molecule has 0 atom stereocenters. The third-order valence-corrected chi connectivity index (χ3v) is 1.66. The normalized spacial score (nSPS) is 13.1. The number of alkyl halides is 6. The molecule has 0 aliphatic rings. The van der Waals surface area contributed by atoms with E-state index in [0.29, 0.717) is 0 Å². The molecule has 0 fully saturated rings. The van der Waals surface area contributed by atoms with Gasteiger partial charge in [-0.15, -0.1) is 0 Å². The second-order valence-corrected chi connectivity index (χ2v) is 2.75. The van der Waals surface area contributed by atoms with Crippen molar-refractivity contribution in [2.75, 3.05) is 7.11 Å². The lowest BCUT2D eigenvalue weighted by Gasteiger charge is -2.22. The van der Waals surface area contributed by atoms with Crippen molar-refractivity contribution in [1.29, 1.82) is 0 Å². The van der Waals surface area contributed by atoms with Crippen molar-refractivity contribution in [3.63, 3.8) is 0 Å². The first kappa shape index (κ1) is 14.0. The molecule has 0 aliphatic heterocycles. The van der Waals surface area contributed by atoms with Crippen molar-refractivity contribution in [3.05, 3.63) is 0 Å². The van der Waals surface area contributed by atoms with Crippen LogP contribution in [-0.4, -0.2) is 25.4 Å². The predicted octanol–water partition coefficient (Wildman–Crippen LogP) is 2.68. The minimum absolute atomic E-state index is 0.887. The van der Waals surface area contributed by atoms with Crippen LogP contribution in [0.2, 0.25) is 0 Å². The topological polar surface area (TPSA) is 26.3 Å². The maximum absolute atomic E-state index is 11.9. The van der Waals surface area contributed by atoms with Crippen LogP contribution in [0.1, 0.15) is 12.8 Å². The van der Waals surface area contributed by atoms with Crippen LogP contribution in [0.4, 0.5) is 26.3 Å². The highest BCUT2D eigenvalue weighted by molar-refractivity contribution is 5.69. The summed E-state index contributed by atoms with van der Waals surface area (Å²) in [5.74, 6) is -4.59. The minimum Gasteiger partial charge on any atom is -0.469 e. The van der Waals surface area contributed by atoms with Gasteiger partial charge in [0.2, 0.25) is 0 Å². The molecule has 90 valence electrons. The van der Waals surface area contributed by atoms with Crippen LogP contribution in [0.5, 0.6) is 0 Å². The van der Waals surface area contributed by atoms with Crippen LogP contribution >= 0.6 is 0 Å². The zero-order valence-electron chi connectivity index (χ0n) is 7.58. The van der Waals surface area contributed by atoms with Gasteiger partial charge >= 0.3 is 18.3 Å². The maximum Gasteiger partial charge on any atom is 0.400 e. The molecule has 0 aromatic heterocycles. The van der Waals surface area contributed by atoms with E-state index < -0.39 is 37.1 Å². The summed E-state index contributed by atoms with van der Waals surface area (Å²) < 4.78 is 75.3. The zero-order chi connectivity index (χ0) is 12.3. The van der Waals surface area contributed by atoms with E-state index >= 15 is 0 Å². The number of esters is 1. The SMILES string of the molecule is COC(=O)CCC(C(F)(F)F)C(F)(F)F. The fourth-order valence-electron chi connectivity index (χ4n) is 0.877. The molecule has 0 aromatic rings. The zero-order valence-corrected chi connectivity index (χ0v) is 7.58. The summed E-state index contributed by atoms with van der Waals surface area (Å²) in [4.78, 5) is 10.4. The molecule has 0 saturated carbocycles. The van der Waals surface area contributed by atoms with E-state index in [1.807, 2.05) is 0 Å². The third-order valence-electron chi connectivity index (χ3n) is 1.66. The van der Waals surface area contributed by atoms with Crippen molar-refractivity contribution < 1.29 is 35.9 Å². The van der Waals surface area contributed by atoms with Crippen LogP contribution in [0.3, 0.4) is 0 Å². The van der Waals surface area contributed by atoms with Crippen LogP contribution in [0.15, 0.2) is 0 Å². The standard InChI is InChI=1S/C7H8F6O2/c1-15-5(14)3-2-4(6(8,9)10)7(11,12)13/h4H,2-3H2,1H3. The summed E-state index contributed by atoms with van der Waals surface area (Å²) in [7, 11) is 0.887. The minimum atomic E-state index is -5.40. The summed E-state index contributed by atoms with van der Waals surface area (Å²) in [6.45, 7) is 0. The maximum atomic E-state index is 11.9. The van der Waals surface area contributed by atoms with E-state index in [9.17, 15) is 31.1 Å². The van der Waals surface area contributed by atoms with Gasteiger partial charge in [-0.25, -0.2) is 0 Å². The summed E-state index contributed by atoms with van der Waals surface area (Å²) in [5.41, 5.74) is 0. The van der Waals surface area contributed by atoms with Gasteiger partial charge in [-0.2, -0.15) is 26.3 Å². The van der Waals surface area contributed by atoms with Crippen LogP contribution in [0, 0.1) is 5.92 Å². The number of hydrogen-bond acceptors (Lipinski definition) is 2. The second-order valence-electron chi connectivity index (χ2n) is 2.75. The molecule has 0 rings (SSSR count). The molecule has 0 unspecified atom stereocenters. The number of halogens is 6. The van der Waals surface area contributed by atoms with Crippen molar-refractivity contribution >= 4 is 5.97 Å². The Morgan fingerprint density at radius 1 is 1.13 bits per heavy atom. The third kappa shape index (κ3) is 4.89. The molecule has 0 amide bonds. The van der Waals surface area contributed by atoms with Crippen molar-refractivity contribution in [3.8, 4) is 0 Å². The molecule has 0 saturated heterocycles. The number of rotatable bonds is 3. The Morgan fingerprint density at radius 3 is 1.80 bits per heavy atom. The van der Waals surface area contributed by atoms with Gasteiger partial charge in [-0.1, -0.05) is 0 Å². The molecule has 0 heterocycles. The Balaban J connectivity index is 4.49. The number of ether oxygens (including phenoxy) is 1. The smallest absolute Gasteiger partial charge is 0.400 e. The Bertz CT molecular complexity index is 205. The van der Waals surface area contributed by atoms with E-state index in [0.717, 1.165) is 7.11 Å². The largest absolute Gasteiger partial charge is 0.469 e. The van der Waals surface area contributed by atoms with Crippen LogP contribution < -0.4 is 0 Å². The van der Waals surface area contributed by atoms with Gasteiger partial charge in [0.25, 0.3) is 0 Å². The average Bonchev–Trinajstić information content (AvgIpc) is 1.99. The Hall–Kier alpha value is -0.950. The van der Waals surface area contributed by atoms with E-state index in [2.05, 4.69) is 4.74 Å². The first-order valence-corrected chi connectivity index (χ1v) is 3.79. The van der Waals surface area contributed by atoms with E-state index in [1.54, 1.807) is 0 Å². The number of carbonyl (C=O) groups is 1. The predicted molar refractivity (Wildman–Crippen MR) is 36.9 cm³/mol. The summed E-state index contributed by atoms with van der Waals surface area (Å²) in [5, 5.41) is 0. The van der Waals surface area contributed by atoms with E-state index in [1.165, 1.54) is 0 Å². The molecule has 0 N–H and O–H groups in total. The molecule has 0 bridgehead atoms. The highest BCUT2D eigenvalue weighted by atomic mass is 19.4. The van der Waals surface area contributed by atoms with Crippen LogP contribution in [0.25, 0.3) is 0 Å². The highest BCUT2D eigenvalue weighted by Crippen LogP contribution is 2.41. The van der Waals surface area contributed by atoms with Gasteiger partial charge in [0.1, 0.15) is 0 Å². The lowest BCUT2D eigenvalue weighted by Crippen LogP contribution is -2.36. The van der Waals surface area contributed by atoms with Gasteiger partial charge in [0, 0.05) is 6.42 Å². The molecule has 15 heavy (non-hydrogen) atoms. The van der Waals surface area contributed by atoms with Crippen molar-refractivity contribution in [2.45, 2.75) is 25.2 Å². The molecular weight excluding hydrogens is 230 g/mol. The van der Waals surface area contributed by atoms with Crippen LogP contribution in [-0.2, 0) is 9.53 Å². The van der Waals surface area contributed by atoms with Gasteiger partial charge < -0.3 is 4.74 Å². The van der Waals surface area contributed by atoms with Gasteiger partial charge in [0.05, 0.1) is 7.11 Å². The highest BCUT2D eigenvalue weighted by Gasteiger charge is 2.56. The molecular formula is C7H8F6O2. The number of hydrogen-bond donors (Lipinski definition) is 0. The lowest BCUT2D eigenvalue weighted by molar-refractivity contribution is -0.285. The lowest BCUT2D eigenvalue weighted by atomic mass is 10.0. The Kier molecular flexibility index (Phi) is 4.42. The average molecular weight is 238 g/mol. The van der Waals surface area contributed by atoms with Gasteiger partial charge in [0.15, 0.2) is 5.92 Å². The fraction of sp³-hybridized carbons (Fsp3) is 0.857. The number of methoxy groups -OCH3 is 1. The molecule has 0 aromatic carbocycles. The quantitative estimate of drug-likeness (QED) is 0.558. The molecule has 8 heteroatoms. The summed E-state index contributed by atoms with van der Waals surface area (Å²) in [6.07, 6.45) is -13.1. The van der Waals surface area contributed by atoms with Gasteiger partial charge in [-0.3, -0.25) is 4.79 Å². The Morgan fingerprint density at radius 2 is 1.53 bits per heavy atom. The fourth-order valence-corrected chi connectivity index (χ4v) is 0.877. The summed E-state index contributed by atoms with van der Waals surface area (Å²) >= 11 is 0.